The van der Waals surface area contributed by atoms with Gasteiger partial charge in [-0.1, -0.05) is 206 Å². The highest BCUT2D eigenvalue weighted by atomic mass is 32.1. The molecule has 11 heteroatoms. The average Bonchev–Trinajstić information content (AvgIpc) is 1.54. The summed E-state index contributed by atoms with van der Waals surface area (Å²) in [6.45, 7) is 0. The van der Waals surface area contributed by atoms with Gasteiger partial charge in [0, 0.05) is 120 Å². The van der Waals surface area contributed by atoms with Crippen LogP contribution in [-0.4, -0.2) is 38.1 Å². The third-order valence-electron chi connectivity index (χ3n) is 24.6. The monoisotopic (exact) mass is 1520 g/mol. The largest absolute Gasteiger partial charge is 0.293 e. The Kier molecular flexibility index (Phi) is 12.8. The molecule has 0 unspecified atom stereocenters. The van der Waals surface area contributed by atoms with Crippen molar-refractivity contribution in [2.75, 3.05) is 0 Å². The summed E-state index contributed by atoms with van der Waals surface area (Å²) in [6, 6.07) is 123. The molecule has 0 aliphatic carbocycles. The smallest absolute Gasteiger partial charge is 0.165 e. The Morgan fingerprint density at radius 3 is 1.15 bits per heavy atom. The van der Waals surface area contributed by atoms with Crippen LogP contribution in [0.3, 0.4) is 0 Å². The number of hydrogen-bond donors (Lipinski definition) is 0. The van der Waals surface area contributed by atoms with E-state index in [2.05, 4.69) is 329 Å². The van der Waals surface area contributed by atoms with E-state index in [9.17, 15) is 0 Å². The number of benzene rings is 17. The van der Waals surface area contributed by atoms with Crippen molar-refractivity contribution in [3.8, 4) is 33.4 Å². The van der Waals surface area contributed by atoms with Crippen LogP contribution in [0.1, 0.15) is 0 Å². The van der Waals surface area contributed by atoms with Gasteiger partial charge in [-0.3, -0.25) is 13.2 Å². The molecule has 29 aromatic rings. The van der Waals surface area contributed by atoms with Gasteiger partial charge in [-0.2, -0.15) is 0 Å². The molecule has 0 aliphatic heterocycles. The van der Waals surface area contributed by atoms with E-state index < -0.39 is 0 Å². The normalized spacial score (nSPS) is 12.5. The van der Waals surface area contributed by atoms with E-state index in [1.165, 1.54) is 197 Å². The van der Waals surface area contributed by atoms with E-state index in [0.29, 0.717) is 0 Å². The lowest BCUT2D eigenvalue weighted by atomic mass is 9.95. The van der Waals surface area contributed by atoms with Crippen molar-refractivity contribution in [2.24, 2.45) is 0 Å². The first-order chi connectivity index (χ1) is 57.5. The van der Waals surface area contributed by atoms with Crippen molar-refractivity contribution in [3.63, 3.8) is 0 Å². The van der Waals surface area contributed by atoms with Crippen molar-refractivity contribution in [2.45, 2.75) is 0 Å². The quantitative estimate of drug-likeness (QED) is 0.176. The van der Waals surface area contributed by atoms with E-state index in [1.807, 2.05) is 58.3 Å². The average molecular weight is 1530 g/mol. The van der Waals surface area contributed by atoms with Gasteiger partial charge in [0.2, 0.25) is 0 Å². The van der Waals surface area contributed by atoms with Gasteiger partial charge in [-0.05, 0) is 188 Å². The van der Waals surface area contributed by atoms with Gasteiger partial charge in [0.1, 0.15) is 16.7 Å². The lowest BCUT2D eigenvalue weighted by Crippen LogP contribution is -1.89. The Morgan fingerprint density at radius 2 is 0.586 bits per heavy atom. The summed E-state index contributed by atoms with van der Waals surface area (Å²) in [5, 5.41) is 26.7. The standard InChI is InChI=1S/2C36H19N3S.C33H18N2S/c1-2-10-22-20(8-1)9-7-12-23(22)21-18-25-32-29(16-17-31-33(32)24-11-3-6-15-30(24)40-31)39-35(25)26(19-21)34-36(39)38-28-14-5-4-13-27(28)37-34;1-2-8-21-17-22(14-13-20(21)7-1)23-18-25-32-29(15-16-31-33(32)24-9-3-6-12-30(24)40-31)39-35(25)26(19-23)34-36(39)38-28-11-5-4-10-27(28)37-34;1-2-8-19(9-3-1)21-17-23-24-16-20-10-4-6-12-26(20)34-33(24)35-27-14-15-29-31(30(27)25(18-21)32(23)35)22-11-5-7-13-28(22)36-29/h2*1-19H;1-18H. The van der Waals surface area contributed by atoms with Crippen molar-refractivity contribution < 1.29 is 0 Å². The fourth-order valence-electron chi connectivity index (χ4n) is 19.7. The van der Waals surface area contributed by atoms with E-state index in [-0.39, 0.29) is 0 Å². The highest BCUT2D eigenvalue weighted by Crippen LogP contribution is 2.52. The molecular weight excluding hydrogens is 1470 g/mol. The maximum Gasteiger partial charge on any atom is 0.165 e. The molecule has 12 aromatic heterocycles. The maximum absolute atomic E-state index is 5.22. The minimum atomic E-state index is 0.917. The molecule has 29 rings (SSSR count). The molecule has 8 nitrogen and oxygen atoms in total. The first-order valence-corrected chi connectivity index (χ1v) is 41.7. The van der Waals surface area contributed by atoms with Crippen molar-refractivity contribution in [1.29, 1.82) is 0 Å². The topological polar surface area (TPSA) is 77.7 Å². The fraction of sp³-hybridized carbons (Fsp3) is 0. The molecule has 17 aromatic carbocycles. The van der Waals surface area contributed by atoms with Gasteiger partial charge in [-0.25, -0.2) is 24.9 Å². The molecule has 0 fully saturated rings. The first kappa shape index (κ1) is 63.0. The van der Waals surface area contributed by atoms with Gasteiger partial charge >= 0.3 is 0 Å². The Bertz CT molecular complexity index is 9320. The lowest BCUT2D eigenvalue weighted by Gasteiger charge is -2.08. The number of rotatable bonds is 3. The number of pyridine rings is 1. The Balaban J connectivity index is 0.0000000933. The predicted molar refractivity (Wildman–Crippen MR) is 495 cm³/mol. The molecule has 0 saturated carbocycles. The second-order valence-corrected chi connectivity index (χ2v) is 34.1. The van der Waals surface area contributed by atoms with Crippen LogP contribution in [0.15, 0.2) is 340 Å². The summed E-state index contributed by atoms with van der Waals surface area (Å²) in [5.41, 5.74) is 24.1. The molecule has 0 bridgehead atoms. The van der Waals surface area contributed by atoms with Crippen LogP contribution >= 0.6 is 34.0 Å². The van der Waals surface area contributed by atoms with Crippen LogP contribution in [0.25, 0.3) is 263 Å². The highest BCUT2D eigenvalue weighted by molar-refractivity contribution is 7.27. The van der Waals surface area contributed by atoms with Gasteiger partial charge in [0.25, 0.3) is 0 Å². The second-order valence-electron chi connectivity index (χ2n) is 30.8. The summed E-state index contributed by atoms with van der Waals surface area (Å²) in [7, 11) is 0. The van der Waals surface area contributed by atoms with Crippen LogP contribution in [0.2, 0.25) is 0 Å². The molecule has 0 spiro atoms. The third kappa shape index (κ3) is 8.77. The highest BCUT2D eigenvalue weighted by Gasteiger charge is 2.29. The van der Waals surface area contributed by atoms with Crippen molar-refractivity contribution in [3.05, 3.63) is 340 Å². The maximum atomic E-state index is 5.22. The third-order valence-corrected chi connectivity index (χ3v) is 28.0. The Morgan fingerprint density at radius 1 is 0.190 bits per heavy atom. The molecule has 12 heterocycles. The van der Waals surface area contributed by atoms with Gasteiger partial charge in [0.15, 0.2) is 11.3 Å². The fourth-order valence-corrected chi connectivity index (χ4v) is 23.0. The van der Waals surface area contributed by atoms with Gasteiger partial charge in [-0.15, -0.1) is 34.0 Å². The Hall–Kier alpha value is -14.6. The van der Waals surface area contributed by atoms with Gasteiger partial charge in [0.05, 0.1) is 60.7 Å². The summed E-state index contributed by atoms with van der Waals surface area (Å²) in [4.78, 5) is 26.0. The zero-order valence-electron chi connectivity index (χ0n) is 61.6. The van der Waals surface area contributed by atoms with Crippen LogP contribution in [0.5, 0.6) is 0 Å². The molecular formula is C105H56N8S3. The number of nitrogens with zero attached hydrogens (tertiary/aromatic N) is 8. The van der Waals surface area contributed by atoms with Crippen LogP contribution in [0, 0.1) is 0 Å². The summed E-state index contributed by atoms with van der Waals surface area (Å²) in [5.74, 6) is 0. The van der Waals surface area contributed by atoms with Gasteiger partial charge < -0.3 is 0 Å². The number of para-hydroxylation sites is 5. The molecule has 0 atom stereocenters. The minimum absolute atomic E-state index is 0.917. The van der Waals surface area contributed by atoms with Crippen LogP contribution < -0.4 is 0 Å². The minimum Gasteiger partial charge on any atom is -0.293 e. The molecule has 0 amide bonds. The van der Waals surface area contributed by atoms with E-state index >= 15 is 0 Å². The number of hydrogen-bond acceptors (Lipinski definition) is 8. The molecule has 0 radical (unpaired) electrons. The second kappa shape index (κ2) is 23.5. The van der Waals surface area contributed by atoms with Crippen molar-refractivity contribution >= 4 is 264 Å². The Labute approximate surface area is 670 Å². The van der Waals surface area contributed by atoms with E-state index in [0.717, 1.165) is 66.3 Å². The number of thiophene rings is 3. The lowest BCUT2D eigenvalue weighted by molar-refractivity contribution is 1.28. The first-order valence-electron chi connectivity index (χ1n) is 39.3. The SMILES string of the molecule is c1ccc(-c2cc3c4cc5ccccc5nc4n4c5ccc6sc7ccccc7c6c5c(c2)c34)cc1.c1ccc2c(-c3cc4c5nc6ccccc6nc5n5c6ccc7sc8ccccc8c7c6c(c3)c45)cccc2c1.c1ccc2cc(-c3cc4c5nc6ccccc6nc5n5c6ccc7sc8ccccc8c7c6c(c3)c45)ccc2c1. The molecule has 0 N–H and O–H groups in total. The summed E-state index contributed by atoms with van der Waals surface area (Å²) >= 11 is 5.62. The zero-order chi connectivity index (χ0) is 75.3. The summed E-state index contributed by atoms with van der Waals surface area (Å²) < 4.78 is 15.1. The van der Waals surface area contributed by atoms with Crippen molar-refractivity contribution in [1.82, 2.24) is 38.1 Å². The number of aromatic nitrogens is 8. The zero-order valence-corrected chi connectivity index (χ0v) is 64.1. The molecule has 0 saturated heterocycles. The summed E-state index contributed by atoms with van der Waals surface area (Å²) in [6.07, 6.45) is 0. The van der Waals surface area contributed by atoms with Crippen LogP contribution in [-0.2, 0) is 0 Å². The molecule has 534 valence electrons. The van der Waals surface area contributed by atoms with E-state index in [1.54, 1.807) is 0 Å². The molecule has 0 aliphatic rings. The predicted octanol–water partition coefficient (Wildman–Crippen LogP) is 29.4. The number of fused-ring (bicyclic) bond motifs is 35. The van der Waals surface area contributed by atoms with E-state index in [4.69, 9.17) is 24.9 Å². The molecule has 116 heavy (non-hydrogen) atoms. The van der Waals surface area contributed by atoms with Crippen LogP contribution in [0.4, 0.5) is 0 Å².